The van der Waals surface area contributed by atoms with Crippen LogP contribution in [0.3, 0.4) is 0 Å². The van der Waals surface area contributed by atoms with Gasteiger partial charge in [0.05, 0.1) is 14.2 Å². The van der Waals surface area contributed by atoms with E-state index in [1.54, 1.807) is 19.2 Å². The third kappa shape index (κ3) is 3.36. The van der Waals surface area contributed by atoms with Gasteiger partial charge in [0.25, 0.3) is 0 Å². The second kappa shape index (κ2) is 6.61. The Hall–Kier alpha value is -1.27. The third-order valence-corrected chi connectivity index (χ3v) is 3.34. The number of methoxy groups -OCH3 is 2. The van der Waals surface area contributed by atoms with Crippen LogP contribution in [0.15, 0.2) is 16.6 Å². The van der Waals surface area contributed by atoms with Gasteiger partial charge in [0.2, 0.25) is 0 Å². The molecule has 0 saturated carbocycles. The van der Waals surface area contributed by atoms with Gasteiger partial charge in [-0.15, -0.1) is 0 Å². The lowest BCUT2D eigenvalue weighted by Gasteiger charge is -2.17. The van der Waals surface area contributed by atoms with Crippen molar-refractivity contribution in [2.24, 2.45) is 5.73 Å². The summed E-state index contributed by atoms with van der Waals surface area (Å²) in [6, 6.07) is 3.16. The predicted octanol–water partition coefficient (Wildman–Crippen LogP) is 2.33. The molecule has 0 aliphatic rings. The molecule has 1 rings (SSSR count). The maximum Gasteiger partial charge on any atom is 0.303 e. The Morgan fingerprint density at radius 3 is 2.61 bits per heavy atom. The van der Waals surface area contributed by atoms with Crippen molar-refractivity contribution in [1.29, 1.82) is 0 Å². The molecule has 0 aliphatic heterocycles. The predicted molar refractivity (Wildman–Crippen MR) is 71.0 cm³/mol. The summed E-state index contributed by atoms with van der Waals surface area (Å²) in [4.78, 5) is 10.5. The van der Waals surface area contributed by atoms with E-state index in [1.807, 2.05) is 0 Å². The van der Waals surface area contributed by atoms with Gasteiger partial charge in [-0.2, -0.15) is 0 Å². The Kier molecular flexibility index (Phi) is 5.43. The van der Waals surface area contributed by atoms with Crippen LogP contribution >= 0.6 is 15.9 Å². The highest BCUT2D eigenvalue weighted by Gasteiger charge is 2.18. The molecule has 0 heterocycles. The number of aliphatic carboxylic acids is 1. The van der Waals surface area contributed by atoms with E-state index in [1.165, 1.54) is 7.11 Å². The molecule has 0 saturated heterocycles. The standard InChI is InChI=1S/C12H16BrNO4/c1-17-9-5-3-7(12(18-2)11(9)13)8(14)4-6-10(15)16/h3,5,8H,4,6,14H2,1-2H3,(H,15,16). The highest BCUT2D eigenvalue weighted by atomic mass is 79.9. The lowest BCUT2D eigenvalue weighted by molar-refractivity contribution is -0.137. The fraction of sp³-hybridized carbons (Fsp3) is 0.417. The quantitative estimate of drug-likeness (QED) is 0.841. The van der Waals surface area contributed by atoms with E-state index in [4.69, 9.17) is 20.3 Å². The average molecular weight is 318 g/mol. The molecular formula is C12H16BrNO4. The third-order valence-electron chi connectivity index (χ3n) is 2.58. The highest BCUT2D eigenvalue weighted by Crippen LogP contribution is 2.39. The molecule has 5 nitrogen and oxygen atoms in total. The first-order valence-corrected chi connectivity index (χ1v) is 6.18. The molecule has 1 aromatic rings. The second-order valence-electron chi connectivity index (χ2n) is 3.74. The van der Waals surface area contributed by atoms with E-state index in [2.05, 4.69) is 15.9 Å². The van der Waals surface area contributed by atoms with E-state index in [-0.39, 0.29) is 6.42 Å². The van der Waals surface area contributed by atoms with Crippen molar-refractivity contribution in [3.8, 4) is 11.5 Å². The van der Waals surface area contributed by atoms with Crippen molar-refractivity contribution in [3.05, 3.63) is 22.2 Å². The van der Waals surface area contributed by atoms with E-state index < -0.39 is 12.0 Å². The van der Waals surface area contributed by atoms with Gasteiger partial charge >= 0.3 is 5.97 Å². The van der Waals surface area contributed by atoms with E-state index in [0.29, 0.717) is 22.4 Å². The number of ether oxygens (including phenoxy) is 2. The van der Waals surface area contributed by atoms with Crippen molar-refractivity contribution >= 4 is 21.9 Å². The summed E-state index contributed by atoms with van der Waals surface area (Å²) in [5.74, 6) is 0.352. The Balaban J connectivity index is 3.01. The molecular weight excluding hydrogens is 302 g/mol. The van der Waals surface area contributed by atoms with Gasteiger partial charge in [-0.05, 0) is 34.5 Å². The van der Waals surface area contributed by atoms with Crippen LogP contribution in [0.2, 0.25) is 0 Å². The van der Waals surface area contributed by atoms with Crippen LogP contribution in [0.1, 0.15) is 24.4 Å². The molecule has 0 fully saturated rings. The number of carboxylic acid groups (broad SMARTS) is 1. The van der Waals surface area contributed by atoms with Gasteiger partial charge in [0, 0.05) is 18.0 Å². The van der Waals surface area contributed by atoms with Crippen LogP contribution in [0, 0.1) is 0 Å². The maximum atomic E-state index is 10.5. The second-order valence-corrected chi connectivity index (χ2v) is 4.54. The van der Waals surface area contributed by atoms with Gasteiger partial charge in [-0.25, -0.2) is 0 Å². The summed E-state index contributed by atoms with van der Waals surface area (Å²) in [5, 5.41) is 8.66. The summed E-state index contributed by atoms with van der Waals surface area (Å²) in [7, 11) is 3.09. The molecule has 0 aromatic heterocycles. The van der Waals surface area contributed by atoms with Crippen LogP contribution in [0.5, 0.6) is 11.5 Å². The number of hydrogen-bond acceptors (Lipinski definition) is 4. The molecule has 100 valence electrons. The van der Waals surface area contributed by atoms with Gasteiger partial charge in [-0.3, -0.25) is 4.79 Å². The summed E-state index contributed by atoms with van der Waals surface area (Å²) in [5.41, 5.74) is 6.73. The normalized spacial score (nSPS) is 12.0. The maximum absolute atomic E-state index is 10.5. The number of hydrogen-bond donors (Lipinski definition) is 2. The highest BCUT2D eigenvalue weighted by molar-refractivity contribution is 9.10. The van der Waals surface area contributed by atoms with Crippen LogP contribution in [0.4, 0.5) is 0 Å². The van der Waals surface area contributed by atoms with Crippen molar-refractivity contribution in [3.63, 3.8) is 0 Å². The van der Waals surface area contributed by atoms with E-state index in [9.17, 15) is 4.79 Å². The van der Waals surface area contributed by atoms with Crippen LogP contribution in [-0.4, -0.2) is 25.3 Å². The molecule has 6 heteroatoms. The summed E-state index contributed by atoms with van der Waals surface area (Å²) in [6.07, 6.45) is 0.373. The topological polar surface area (TPSA) is 81.8 Å². The number of carboxylic acids is 1. The molecule has 1 unspecified atom stereocenters. The lowest BCUT2D eigenvalue weighted by Crippen LogP contribution is -2.13. The first kappa shape index (κ1) is 14.8. The molecule has 1 atom stereocenters. The molecule has 0 bridgehead atoms. The van der Waals surface area contributed by atoms with Gasteiger partial charge in [0.15, 0.2) is 0 Å². The lowest BCUT2D eigenvalue weighted by atomic mass is 10.0. The number of carbonyl (C=O) groups is 1. The summed E-state index contributed by atoms with van der Waals surface area (Å²) >= 11 is 3.38. The molecule has 1 aromatic carbocycles. The fourth-order valence-electron chi connectivity index (χ4n) is 1.64. The minimum Gasteiger partial charge on any atom is -0.495 e. The molecule has 0 spiro atoms. The largest absolute Gasteiger partial charge is 0.495 e. The van der Waals surface area contributed by atoms with E-state index in [0.717, 1.165) is 5.56 Å². The van der Waals surface area contributed by atoms with Crippen molar-refractivity contribution in [2.75, 3.05) is 14.2 Å². The SMILES string of the molecule is COc1ccc(C(N)CCC(=O)O)c(OC)c1Br. The first-order chi connectivity index (χ1) is 8.51. The monoisotopic (exact) mass is 317 g/mol. The smallest absolute Gasteiger partial charge is 0.303 e. The van der Waals surface area contributed by atoms with Gasteiger partial charge < -0.3 is 20.3 Å². The van der Waals surface area contributed by atoms with Crippen molar-refractivity contribution in [1.82, 2.24) is 0 Å². The molecule has 3 N–H and O–H groups in total. The Labute approximate surface area is 114 Å². The van der Waals surface area contributed by atoms with Crippen LogP contribution < -0.4 is 15.2 Å². The molecule has 0 aliphatic carbocycles. The number of benzene rings is 1. The molecule has 18 heavy (non-hydrogen) atoms. The molecule has 0 amide bonds. The minimum absolute atomic E-state index is 0.0218. The van der Waals surface area contributed by atoms with Crippen LogP contribution in [-0.2, 0) is 4.79 Å². The molecule has 0 radical (unpaired) electrons. The van der Waals surface area contributed by atoms with Gasteiger partial charge in [-0.1, -0.05) is 0 Å². The Morgan fingerprint density at radius 1 is 1.44 bits per heavy atom. The zero-order valence-corrected chi connectivity index (χ0v) is 11.9. The van der Waals surface area contributed by atoms with Crippen molar-refractivity contribution in [2.45, 2.75) is 18.9 Å². The zero-order chi connectivity index (χ0) is 13.7. The van der Waals surface area contributed by atoms with Crippen LogP contribution in [0.25, 0.3) is 0 Å². The number of halogens is 1. The average Bonchev–Trinajstić information content (AvgIpc) is 2.35. The summed E-state index contributed by atoms with van der Waals surface area (Å²) < 4.78 is 11.1. The summed E-state index contributed by atoms with van der Waals surface area (Å²) in [6.45, 7) is 0. The minimum atomic E-state index is -0.864. The Morgan fingerprint density at radius 2 is 2.11 bits per heavy atom. The first-order valence-electron chi connectivity index (χ1n) is 5.39. The van der Waals surface area contributed by atoms with Crippen molar-refractivity contribution < 1.29 is 19.4 Å². The number of nitrogens with two attached hydrogens (primary N) is 1. The van der Waals surface area contributed by atoms with E-state index >= 15 is 0 Å². The fourth-order valence-corrected chi connectivity index (χ4v) is 2.33. The number of rotatable bonds is 6. The zero-order valence-electron chi connectivity index (χ0n) is 10.3. The Bertz CT molecular complexity index is 436. The van der Waals surface area contributed by atoms with Gasteiger partial charge in [0.1, 0.15) is 16.0 Å².